The molecular formula is C19H15N3O2S. The van der Waals surface area contributed by atoms with E-state index < -0.39 is 0 Å². The number of fused-ring (bicyclic) bond motifs is 2. The standard InChI is InChI=1S/C19H15N3O2S/c20-9-14-13-5-1-4-8-17(13)25-19(14)21-10-12(11-23)18-22-15-6-2-3-7-16(15)24-18/h2-3,6-7,10-11,21H,1,4-5,8H2/b12-10-. The van der Waals surface area contributed by atoms with Gasteiger partial charge in [-0.3, -0.25) is 4.79 Å². The third-order valence-electron chi connectivity index (χ3n) is 4.31. The molecule has 1 aliphatic rings. The normalized spacial score (nSPS) is 14.1. The highest BCUT2D eigenvalue weighted by atomic mass is 32.1. The van der Waals surface area contributed by atoms with Gasteiger partial charge < -0.3 is 9.73 Å². The second-order valence-corrected chi connectivity index (χ2v) is 6.98. The van der Waals surface area contributed by atoms with Gasteiger partial charge in [-0.1, -0.05) is 12.1 Å². The zero-order chi connectivity index (χ0) is 17.2. The molecule has 2 aromatic heterocycles. The Morgan fingerprint density at radius 2 is 2.16 bits per heavy atom. The fraction of sp³-hybridized carbons (Fsp3) is 0.211. The first-order valence-electron chi connectivity index (χ1n) is 8.12. The molecule has 0 fully saturated rings. The van der Waals surface area contributed by atoms with Gasteiger partial charge in [0.05, 0.1) is 11.1 Å². The van der Waals surface area contributed by atoms with Crippen molar-refractivity contribution in [3.05, 3.63) is 52.4 Å². The number of aldehydes is 1. The number of carbonyl (C=O) groups is 1. The monoisotopic (exact) mass is 349 g/mol. The molecule has 0 spiro atoms. The Balaban J connectivity index is 1.67. The maximum atomic E-state index is 11.5. The fourth-order valence-corrected chi connectivity index (χ4v) is 4.28. The summed E-state index contributed by atoms with van der Waals surface area (Å²) in [4.78, 5) is 17.1. The zero-order valence-electron chi connectivity index (χ0n) is 13.4. The number of anilines is 1. The minimum Gasteiger partial charge on any atom is -0.436 e. The van der Waals surface area contributed by atoms with Crippen LogP contribution in [-0.2, 0) is 17.6 Å². The van der Waals surface area contributed by atoms with Crippen molar-refractivity contribution < 1.29 is 9.21 Å². The van der Waals surface area contributed by atoms with Gasteiger partial charge in [0.25, 0.3) is 0 Å². The van der Waals surface area contributed by atoms with E-state index in [4.69, 9.17) is 4.42 Å². The number of nitrogens with zero attached hydrogens (tertiary/aromatic N) is 2. The Labute approximate surface area is 148 Å². The fourth-order valence-electron chi connectivity index (χ4n) is 3.07. The Hall–Kier alpha value is -2.91. The molecule has 0 aliphatic heterocycles. The van der Waals surface area contributed by atoms with Crippen LogP contribution >= 0.6 is 11.3 Å². The molecule has 0 unspecified atom stereocenters. The van der Waals surface area contributed by atoms with Gasteiger partial charge in [0.2, 0.25) is 5.89 Å². The molecule has 124 valence electrons. The van der Waals surface area contributed by atoms with Crippen LogP contribution in [0.4, 0.5) is 5.00 Å². The number of aromatic nitrogens is 1. The highest BCUT2D eigenvalue weighted by molar-refractivity contribution is 7.16. The number of thiophene rings is 1. The van der Waals surface area contributed by atoms with Crippen LogP contribution in [0.25, 0.3) is 16.7 Å². The van der Waals surface area contributed by atoms with Gasteiger partial charge in [0, 0.05) is 11.1 Å². The van der Waals surface area contributed by atoms with Crippen LogP contribution in [0.5, 0.6) is 0 Å². The summed E-state index contributed by atoms with van der Waals surface area (Å²) in [7, 11) is 0. The largest absolute Gasteiger partial charge is 0.436 e. The number of aryl methyl sites for hydroxylation is 1. The topological polar surface area (TPSA) is 78.9 Å². The molecule has 4 rings (SSSR count). The molecule has 0 saturated heterocycles. The summed E-state index contributed by atoms with van der Waals surface area (Å²) in [6, 6.07) is 9.66. The van der Waals surface area contributed by atoms with E-state index in [0.29, 0.717) is 28.5 Å². The van der Waals surface area contributed by atoms with E-state index in [9.17, 15) is 10.1 Å². The number of oxazole rings is 1. The van der Waals surface area contributed by atoms with Crippen LogP contribution in [-0.4, -0.2) is 11.3 Å². The van der Waals surface area contributed by atoms with E-state index in [1.54, 1.807) is 17.5 Å². The number of nitrogens with one attached hydrogen (secondary N) is 1. The average molecular weight is 349 g/mol. The first-order chi connectivity index (χ1) is 12.3. The lowest BCUT2D eigenvalue weighted by molar-refractivity contribution is -0.103. The van der Waals surface area contributed by atoms with Crippen molar-refractivity contribution in [2.75, 3.05) is 5.32 Å². The van der Waals surface area contributed by atoms with E-state index in [0.717, 1.165) is 36.2 Å². The lowest BCUT2D eigenvalue weighted by Crippen LogP contribution is -2.00. The number of rotatable bonds is 4. The first-order valence-corrected chi connectivity index (χ1v) is 8.94. The number of hydrogen-bond donors (Lipinski definition) is 1. The average Bonchev–Trinajstić information content (AvgIpc) is 3.23. The highest BCUT2D eigenvalue weighted by Gasteiger charge is 2.20. The SMILES string of the molecule is N#Cc1c(N/C=C(/C=O)c2nc3ccccc3o2)sc2c1CCCC2. The third kappa shape index (κ3) is 2.83. The Kier molecular flexibility index (Phi) is 4.08. The van der Waals surface area contributed by atoms with Crippen LogP contribution in [0.1, 0.15) is 34.7 Å². The van der Waals surface area contributed by atoms with Gasteiger partial charge in [-0.05, 0) is 43.4 Å². The second-order valence-electron chi connectivity index (χ2n) is 5.88. The molecule has 1 N–H and O–H groups in total. The number of para-hydroxylation sites is 2. The van der Waals surface area contributed by atoms with Crippen LogP contribution in [0.15, 0.2) is 34.9 Å². The van der Waals surface area contributed by atoms with Crippen LogP contribution in [0.3, 0.4) is 0 Å². The summed E-state index contributed by atoms with van der Waals surface area (Å²) in [5.41, 5.74) is 3.50. The summed E-state index contributed by atoms with van der Waals surface area (Å²) >= 11 is 1.59. The molecule has 1 aliphatic carbocycles. The van der Waals surface area contributed by atoms with Crippen LogP contribution < -0.4 is 5.32 Å². The molecule has 5 nitrogen and oxygen atoms in total. The molecule has 0 atom stereocenters. The summed E-state index contributed by atoms with van der Waals surface area (Å²) < 4.78 is 5.64. The van der Waals surface area contributed by atoms with Crippen molar-refractivity contribution >= 4 is 39.3 Å². The second kappa shape index (κ2) is 6.54. The van der Waals surface area contributed by atoms with Crippen LogP contribution in [0.2, 0.25) is 0 Å². The molecule has 2 heterocycles. The number of nitriles is 1. The number of hydrogen-bond acceptors (Lipinski definition) is 6. The summed E-state index contributed by atoms with van der Waals surface area (Å²) in [5.74, 6) is 0.267. The van der Waals surface area contributed by atoms with Crippen molar-refractivity contribution in [3.63, 3.8) is 0 Å². The zero-order valence-corrected chi connectivity index (χ0v) is 14.2. The maximum absolute atomic E-state index is 11.5. The summed E-state index contributed by atoms with van der Waals surface area (Å²) in [6.07, 6.45) is 6.52. The Bertz CT molecular complexity index is 990. The number of allylic oxidation sites excluding steroid dienone is 1. The van der Waals surface area contributed by atoms with Gasteiger partial charge in [-0.25, -0.2) is 4.98 Å². The Morgan fingerprint density at radius 3 is 2.96 bits per heavy atom. The van der Waals surface area contributed by atoms with E-state index in [-0.39, 0.29) is 5.89 Å². The lowest BCUT2D eigenvalue weighted by Gasteiger charge is -2.09. The van der Waals surface area contributed by atoms with Gasteiger partial charge in [0.1, 0.15) is 16.6 Å². The molecule has 3 aromatic rings. The van der Waals surface area contributed by atoms with Gasteiger partial charge >= 0.3 is 0 Å². The summed E-state index contributed by atoms with van der Waals surface area (Å²) in [5, 5.41) is 13.4. The molecule has 0 radical (unpaired) electrons. The van der Waals surface area contributed by atoms with Gasteiger partial charge in [-0.2, -0.15) is 5.26 Å². The van der Waals surface area contributed by atoms with Crippen molar-refractivity contribution in [2.45, 2.75) is 25.7 Å². The highest BCUT2D eigenvalue weighted by Crippen LogP contribution is 2.37. The van der Waals surface area contributed by atoms with Gasteiger partial charge in [0.15, 0.2) is 11.9 Å². The molecule has 0 saturated carbocycles. The minimum atomic E-state index is 0.267. The molecule has 1 aromatic carbocycles. The molecule has 0 bridgehead atoms. The predicted molar refractivity (Wildman–Crippen MR) is 97.3 cm³/mol. The Morgan fingerprint density at radius 1 is 1.32 bits per heavy atom. The van der Waals surface area contributed by atoms with E-state index in [2.05, 4.69) is 16.4 Å². The maximum Gasteiger partial charge on any atom is 0.232 e. The van der Waals surface area contributed by atoms with Gasteiger partial charge in [-0.15, -0.1) is 11.3 Å². The summed E-state index contributed by atoms with van der Waals surface area (Å²) in [6.45, 7) is 0. The lowest BCUT2D eigenvalue weighted by atomic mass is 9.96. The molecule has 0 amide bonds. The van der Waals surface area contributed by atoms with Crippen molar-refractivity contribution in [1.29, 1.82) is 5.26 Å². The smallest absolute Gasteiger partial charge is 0.232 e. The molecular weight excluding hydrogens is 334 g/mol. The number of carbonyl (C=O) groups excluding carboxylic acids is 1. The predicted octanol–water partition coefficient (Wildman–Crippen LogP) is 4.29. The molecule has 25 heavy (non-hydrogen) atoms. The quantitative estimate of drug-likeness (QED) is 0.561. The van der Waals surface area contributed by atoms with Crippen molar-refractivity contribution in [2.24, 2.45) is 0 Å². The first kappa shape index (κ1) is 15.6. The minimum absolute atomic E-state index is 0.267. The van der Waals surface area contributed by atoms with E-state index >= 15 is 0 Å². The molecule has 6 heteroatoms. The van der Waals surface area contributed by atoms with E-state index in [1.807, 2.05) is 24.3 Å². The van der Waals surface area contributed by atoms with Crippen molar-refractivity contribution in [3.8, 4) is 6.07 Å². The van der Waals surface area contributed by atoms with Crippen LogP contribution in [0, 0.1) is 11.3 Å². The van der Waals surface area contributed by atoms with Crippen molar-refractivity contribution in [1.82, 2.24) is 4.98 Å². The van der Waals surface area contributed by atoms with E-state index in [1.165, 1.54) is 4.88 Å². The number of benzene rings is 1. The third-order valence-corrected chi connectivity index (χ3v) is 5.53.